The van der Waals surface area contributed by atoms with Gasteiger partial charge in [0, 0.05) is 17.9 Å². The summed E-state index contributed by atoms with van der Waals surface area (Å²) in [5.74, 6) is -1.69. The van der Waals surface area contributed by atoms with Crippen molar-refractivity contribution < 1.29 is 8.78 Å². The SMILES string of the molecule is Cc1ncccc1C(N)Cc1ccc(F)c(F)c1. The van der Waals surface area contributed by atoms with Crippen LogP contribution in [0.1, 0.15) is 22.9 Å². The van der Waals surface area contributed by atoms with Crippen molar-refractivity contribution in [1.29, 1.82) is 0 Å². The van der Waals surface area contributed by atoms with E-state index in [1.165, 1.54) is 6.07 Å². The highest BCUT2D eigenvalue weighted by molar-refractivity contribution is 5.26. The van der Waals surface area contributed by atoms with Crippen LogP contribution in [0, 0.1) is 18.6 Å². The molecule has 0 radical (unpaired) electrons. The lowest BCUT2D eigenvalue weighted by molar-refractivity contribution is 0.506. The molecule has 0 amide bonds. The number of aromatic nitrogens is 1. The first-order valence-corrected chi connectivity index (χ1v) is 5.69. The van der Waals surface area contributed by atoms with Crippen molar-refractivity contribution >= 4 is 0 Å². The van der Waals surface area contributed by atoms with E-state index >= 15 is 0 Å². The van der Waals surface area contributed by atoms with Gasteiger partial charge in [-0.25, -0.2) is 8.78 Å². The van der Waals surface area contributed by atoms with Crippen LogP contribution in [0.3, 0.4) is 0 Å². The molecule has 0 aliphatic rings. The van der Waals surface area contributed by atoms with Crippen molar-refractivity contribution in [2.75, 3.05) is 0 Å². The van der Waals surface area contributed by atoms with Crippen LogP contribution in [0.2, 0.25) is 0 Å². The quantitative estimate of drug-likeness (QED) is 0.907. The molecular weight excluding hydrogens is 234 g/mol. The molecule has 1 aromatic carbocycles. The van der Waals surface area contributed by atoms with Crippen molar-refractivity contribution in [2.45, 2.75) is 19.4 Å². The third-order valence-electron chi connectivity index (χ3n) is 2.89. The Labute approximate surface area is 104 Å². The zero-order chi connectivity index (χ0) is 13.1. The minimum Gasteiger partial charge on any atom is -0.324 e. The van der Waals surface area contributed by atoms with Crippen LogP contribution in [-0.2, 0) is 6.42 Å². The van der Waals surface area contributed by atoms with Gasteiger partial charge in [0.05, 0.1) is 0 Å². The molecule has 1 atom stereocenters. The number of pyridine rings is 1. The van der Waals surface area contributed by atoms with Gasteiger partial charge in [-0.1, -0.05) is 12.1 Å². The van der Waals surface area contributed by atoms with E-state index in [4.69, 9.17) is 5.73 Å². The largest absolute Gasteiger partial charge is 0.324 e. The lowest BCUT2D eigenvalue weighted by atomic mass is 9.99. The maximum absolute atomic E-state index is 13.1. The van der Waals surface area contributed by atoms with E-state index in [-0.39, 0.29) is 6.04 Å². The molecular formula is C14H14F2N2. The molecule has 2 aromatic rings. The molecule has 0 saturated heterocycles. The maximum Gasteiger partial charge on any atom is 0.159 e. The summed E-state index contributed by atoms with van der Waals surface area (Å²) in [6, 6.07) is 7.28. The number of aryl methyl sites for hydroxylation is 1. The van der Waals surface area contributed by atoms with Gasteiger partial charge in [-0.15, -0.1) is 0 Å². The first-order valence-electron chi connectivity index (χ1n) is 5.69. The fourth-order valence-electron chi connectivity index (χ4n) is 1.92. The maximum atomic E-state index is 13.1. The molecule has 94 valence electrons. The van der Waals surface area contributed by atoms with Gasteiger partial charge < -0.3 is 5.73 Å². The second-order valence-corrected chi connectivity index (χ2v) is 4.24. The summed E-state index contributed by atoms with van der Waals surface area (Å²) in [6.45, 7) is 1.88. The summed E-state index contributed by atoms with van der Waals surface area (Å²) in [7, 11) is 0. The molecule has 0 bridgehead atoms. The zero-order valence-corrected chi connectivity index (χ0v) is 10.0. The highest BCUT2D eigenvalue weighted by Gasteiger charge is 2.11. The lowest BCUT2D eigenvalue weighted by Gasteiger charge is -2.14. The van der Waals surface area contributed by atoms with Crippen LogP contribution in [0.4, 0.5) is 8.78 Å². The summed E-state index contributed by atoms with van der Waals surface area (Å²) < 4.78 is 25.9. The molecule has 2 N–H and O–H groups in total. The van der Waals surface area contributed by atoms with Crippen LogP contribution in [0.15, 0.2) is 36.5 Å². The van der Waals surface area contributed by atoms with E-state index in [1.807, 2.05) is 19.1 Å². The van der Waals surface area contributed by atoms with Gasteiger partial charge in [0.15, 0.2) is 11.6 Å². The fraction of sp³-hybridized carbons (Fsp3) is 0.214. The number of benzene rings is 1. The van der Waals surface area contributed by atoms with Gasteiger partial charge in [0.2, 0.25) is 0 Å². The predicted molar refractivity (Wildman–Crippen MR) is 66.0 cm³/mol. The molecule has 2 nitrogen and oxygen atoms in total. The van der Waals surface area contributed by atoms with Gasteiger partial charge in [0.25, 0.3) is 0 Å². The Kier molecular flexibility index (Phi) is 3.67. The van der Waals surface area contributed by atoms with Crippen LogP contribution in [0.25, 0.3) is 0 Å². The standard InChI is InChI=1S/C14H14F2N2/c1-9-11(3-2-6-18-9)14(17)8-10-4-5-12(15)13(16)7-10/h2-7,14H,8,17H2,1H3. The van der Waals surface area contributed by atoms with Crippen LogP contribution in [-0.4, -0.2) is 4.98 Å². The molecule has 0 spiro atoms. The molecule has 0 saturated carbocycles. The molecule has 2 rings (SSSR count). The van der Waals surface area contributed by atoms with E-state index in [0.29, 0.717) is 12.0 Å². The van der Waals surface area contributed by atoms with Gasteiger partial charge >= 0.3 is 0 Å². The van der Waals surface area contributed by atoms with Crippen molar-refractivity contribution in [1.82, 2.24) is 4.98 Å². The minimum absolute atomic E-state index is 0.274. The van der Waals surface area contributed by atoms with E-state index in [2.05, 4.69) is 4.98 Å². The third-order valence-corrected chi connectivity index (χ3v) is 2.89. The lowest BCUT2D eigenvalue weighted by Crippen LogP contribution is -2.15. The molecule has 18 heavy (non-hydrogen) atoms. The Morgan fingerprint density at radius 2 is 2.00 bits per heavy atom. The number of nitrogens with two attached hydrogens (primary N) is 1. The summed E-state index contributed by atoms with van der Waals surface area (Å²) in [5.41, 5.74) is 8.50. The Morgan fingerprint density at radius 3 is 2.67 bits per heavy atom. The molecule has 0 aliphatic carbocycles. The Balaban J connectivity index is 2.19. The van der Waals surface area contributed by atoms with Crippen LogP contribution in [0.5, 0.6) is 0 Å². The summed E-state index contributed by atoms with van der Waals surface area (Å²) in [5, 5.41) is 0. The summed E-state index contributed by atoms with van der Waals surface area (Å²) >= 11 is 0. The normalized spacial score (nSPS) is 12.4. The van der Waals surface area contributed by atoms with E-state index in [1.54, 1.807) is 12.3 Å². The minimum atomic E-state index is -0.845. The van der Waals surface area contributed by atoms with Gasteiger partial charge in [-0.05, 0) is 42.7 Å². The molecule has 0 aliphatic heterocycles. The zero-order valence-electron chi connectivity index (χ0n) is 10.0. The Hall–Kier alpha value is -1.81. The van der Waals surface area contributed by atoms with Crippen molar-refractivity contribution in [3.8, 4) is 0 Å². The molecule has 4 heteroatoms. The first-order chi connectivity index (χ1) is 8.58. The molecule has 1 heterocycles. The van der Waals surface area contributed by atoms with Gasteiger partial charge in [-0.2, -0.15) is 0 Å². The van der Waals surface area contributed by atoms with Crippen molar-refractivity contribution in [3.63, 3.8) is 0 Å². The monoisotopic (exact) mass is 248 g/mol. The number of hydrogen-bond acceptors (Lipinski definition) is 2. The number of rotatable bonds is 3. The average Bonchev–Trinajstić information content (AvgIpc) is 2.34. The molecule has 1 unspecified atom stereocenters. The average molecular weight is 248 g/mol. The van der Waals surface area contributed by atoms with E-state index in [0.717, 1.165) is 17.3 Å². The second kappa shape index (κ2) is 5.23. The summed E-state index contributed by atoms with van der Waals surface area (Å²) in [6.07, 6.45) is 2.15. The highest BCUT2D eigenvalue weighted by atomic mass is 19.2. The van der Waals surface area contributed by atoms with Crippen LogP contribution >= 0.6 is 0 Å². The third kappa shape index (κ3) is 2.71. The topological polar surface area (TPSA) is 38.9 Å². The van der Waals surface area contributed by atoms with E-state index < -0.39 is 11.6 Å². The number of hydrogen-bond donors (Lipinski definition) is 1. The molecule has 0 fully saturated rings. The molecule has 1 aromatic heterocycles. The Bertz CT molecular complexity index is 555. The number of nitrogens with zero attached hydrogens (tertiary/aromatic N) is 1. The van der Waals surface area contributed by atoms with Crippen molar-refractivity contribution in [2.24, 2.45) is 5.73 Å². The van der Waals surface area contributed by atoms with Gasteiger partial charge in [-0.3, -0.25) is 4.98 Å². The summed E-state index contributed by atoms with van der Waals surface area (Å²) in [4.78, 5) is 4.16. The Morgan fingerprint density at radius 1 is 1.22 bits per heavy atom. The van der Waals surface area contributed by atoms with E-state index in [9.17, 15) is 8.78 Å². The second-order valence-electron chi connectivity index (χ2n) is 4.24. The van der Waals surface area contributed by atoms with Crippen LogP contribution < -0.4 is 5.73 Å². The highest BCUT2D eigenvalue weighted by Crippen LogP contribution is 2.19. The first kappa shape index (κ1) is 12.6. The van der Waals surface area contributed by atoms with Crippen molar-refractivity contribution in [3.05, 3.63) is 65.0 Å². The number of halogens is 2. The predicted octanol–water partition coefficient (Wildman–Crippen LogP) is 2.91. The van der Waals surface area contributed by atoms with Gasteiger partial charge in [0.1, 0.15) is 0 Å². The smallest absolute Gasteiger partial charge is 0.159 e. The fourth-order valence-corrected chi connectivity index (χ4v) is 1.92.